The number of nitrogens with one attached hydrogen (secondary N) is 1. The van der Waals surface area contributed by atoms with E-state index in [4.69, 9.17) is 11.6 Å². The lowest BCUT2D eigenvalue weighted by atomic mass is 10.1. The van der Waals surface area contributed by atoms with Gasteiger partial charge in [-0.1, -0.05) is 39.7 Å². The Kier molecular flexibility index (Phi) is 4.97. The first-order valence-electron chi connectivity index (χ1n) is 5.99. The standard InChI is InChI=1S/C15H14BrClFN/c1-10(11-3-2-4-13(17)7-11)19-9-12-8-14(18)5-6-15(12)16/h2-8,10,19H,9H2,1H3. The molecule has 0 radical (unpaired) electrons. The average Bonchev–Trinajstić information content (AvgIpc) is 2.39. The molecule has 0 aromatic heterocycles. The second-order valence-electron chi connectivity index (χ2n) is 4.39. The molecule has 0 saturated carbocycles. The maximum absolute atomic E-state index is 13.2. The zero-order chi connectivity index (χ0) is 13.8. The van der Waals surface area contributed by atoms with E-state index in [-0.39, 0.29) is 11.9 Å². The normalized spacial score (nSPS) is 12.4. The third-order valence-corrected chi connectivity index (χ3v) is 3.96. The van der Waals surface area contributed by atoms with Gasteiger partial charge in [0.05, 0.1) is 0 Å². The highest BCUT2D eigenvalue weighted by Crippen LogP contribution is 2.21. The molecular weight excluding hydrogens is 329 g/mol. The topological polar surface area (TPSA) is 12.0 Å². The number of halogens is 3. The predicted octanol–water partition coefficient (Wildman–Crippen LogP) is 5.09. The minimum Gasteiger partial charge on any atom is -0.306 e. The summed E-state index contributed by atoms with van der Waals surface area (Å²) in [6, 6.07) is 12.6. The van der Waals surface area contributed by atoms with Gasteiger partial charge in [-0.05, 0) is 48.4 Å². The molecule has 0 bridgehead atoms. The fourth-order valence-electron chi connectivity index (χ4n) is 1.84. The van der Waals surface area contributed by atoms with Crippen LogP contribution >= 0.6 is 27.5 Å². The van der Waals surface area contributed by atoms with E-state index < -0.39 is 0 Å². The molecule has 0 heterocycles. The third kappa shape index (κ3) is 4.03. The Morgan fingerprint density at radius 3 is 2.79 bits per heavy atom. The van der Waals surface area contributed by atoms with Gasteiger partial charge in [0.2, 0.25) is 0 Å². The van der Waals surface area contributed by atoms with E-state index in [9.17, 15) is 4.39 Å². The van der Waals surface area contributed by atoms with Crippen molar-refractivity contribution in [3.63, 3.8) is 0 Å². The van der Waals surface area contributed by atoms with Gasteiger partial charge in [-0.15, -0.1) is 0 Å². The summed E-state index contributed by atoms with van der Waals surface area (Å²) in [4.78, 5) is 0. The van der Waals surface area contributed by atoms with Gasteiger partial charge in [0.1, 0.15) is 5.82 Å². The van der Waals surface area contributed by atoms with Crippen LogP contribution in [0, 0.1) is 5.82 Å². The van der Waals surface area contributed by atoms with Gasteiger partial charge in [0.15, 0.2) is 0 Å². The lowest BCUT2D eigenvalue weighted by Crippen LogP contribution is -2.18. The maximum atomic E-state index is 13.2. The molecule has 0 saturated heterocycles. The van der Waals surface area contributed by atoms with Gasteiger partial charge in [0.25, 0.3) is 0 Å². The third-order valence-electron chi connectivity index (χ3n) is 2.96. The second-order valence-corrected chi connectivity index (χ2v) is 5.68. The zero-order valence-corrected chi connectivity index (χ0v) is 12.8. The molecule has 2 aromatic rings. The van der Waals surface area contributed by atoms with Crippen LogP contribution in [0.4, 0.5) is 4.39 Å². The van der Waals surface area contributed by atoms with Crippen LogP contribution in [0.1, 0.15) is 24.1 Å². The molecule has 100 valence electrons. The van der Waals surface area contributed by atoms with Gasteiger partial charge < -0.3 is 5.32 Å². The van der Waals surface area contributed by atoms with Crippen LogP contribution < -0.4 is 5.32 Å². The van der Waals surface area contributed by atoms with Gasteiger partial charge in [-0.2, -0.15) is 0 Å². The summed E-state index contributed by atoms with van der Waals surface area (Å²) in [6.07, 6.45) is 0. The quantitative estimate of drug-likeness (QED) is 0.816. The van der Waals surface area contributed by atoms with E-state index in [2.05, 4.69) is 28.2 Å². The number of hydrogen-bond donors (Lipinski definition) is 1. The summed E-state index contributed by atoms with van der Waals surface area (Å²) in [5.41, 5.74) is 2.01. The van der Waals surface area contributed by atoms with Crippen molar-refractivity contribution in [1.82, 2.24) is 5.32 Å². The molecule has 0 aliphatic heterocycles. The SMILES string of the molecule is CC(NCc1cc(F)ccc1Br)c1cccc(Cl)c1. The Labute approximate surface area is 125 Å². The van der Waals surface area contributed by atoms with Gasteiger partial charge in [0, 0.05) is 22.1 Å². The molecule has 2 rings (SSSR count). The fraction of sp³-hybridized carbons (Fsp3) is 0.200. The number of hydrogen-bond acceptors (Lipinski definition) is 1. The Bertz CT molecular complexity index is 574. The van der Waals surface area contributed by atoms with Crippen LogP contribution in [-0.4, -0.2) is 0 Å². The van der Waals surface area contributed by atoms with Gasteiger partial charge >= 0.3 is 0 Å². The van der Waals surface area contributed by atoms with Crippen molar-refractivity contribution < 1.29 is 4.39 Å². The molecule has 2 aromatic carbocycles. The van der Waals surface area contributed by atoms with Gasteiger partial charge in [-0.3, -0.25) is 0 Å². The van der Waals surface area contributed by atoms with Crippen molar-refractivity contribution in [2.45, 2.75) is 19.5 Å². The van der Waals surface area contributed by atoms with E-state index in [1.807, 2.05) is 24.3 Å². The highest BCUT2D eigenvalue weighted by atomic mass is 79.9. The zero-order valence-electron chi connectivity index (χ0n) is 10.5. The summed E-state index contributed by atoms with van der Waals surface area (Å²) in [7, 11) is 0. The molecule has 0 aliphatic rings. The first kappa shape index (κ1) is 14.5. The lowest BCUT2D eigenvalue weighted by Gasteiger charge is -2.15. The Morgan fingerprint density at radius 2 is 2.05 bits per heavy atom. The molecule has 1 atom stereocenters. The summed E-state index contributed by atoms with van der Waals surface area (Å²) >= 11 is 9.39. The molecular formula is C15H14BrClFN. The molecule has 0 amide bonds. The molecule has 19 heavy (non-hydrogen) atoms. The van der Waals surface area contributed by atoms with Crippen LogP contribution in [0.5, 0.6) is 0 Å². The highest BCUT2D eigenvalue weighted by molar-refractivity contribution is 9.10. The van der Waals surface area contributed by atoms with Crippen LogP contribution in [0.15, 0.2) is 46.9 Å². The van der Waals surface area contributed by atoms with E-state index in [1.54, 1.807) is 6.07 Å². The van der Waals surface area contributed by atoms with Crippen molar-refractivity contribution in [3.8, 4) is 0 Å². The van der Waals surface area contributed by atoms with Crippen LogP contribution in [0.25, 0.3) is 0 Å². The molecule has 1 nitrogen and oxygen atoms in total. The Morgan fingerprint density at radius 1 is 1.26 bits per heavy atom. The lowest BCUT2D eigenvalue weighted by molar-refractivity contribution is 0.568. The van der Waals surface area contributed by atoms with Crippen LogP contribution in [0.2, 0.25) is 5.02 Å². The summed E-state index contributed by atoms with van der Waals surface area (Å²) in [5.74, 6) is -0.226. The Balaban J connectivity index is 2.04. The van der Waals surface area contributed by atoms with Crippen molar-refractivity contribution in [2.24, 2.45) is 0 Å². The van der Waals surface area contributed by atoms with Gasteiger partial charge in [-0.25, -0.2) is 4.39 Å². The molecule has 0 fully saturated rings. The van der Waals surface area contributed by atoms with Crippen LogP contribution in [-0.2, 0) is 6.54 Å². The first-order chi connectivity index (χ1) is 9.06. The van der Waals surface area contributed by atoms with Crippen LogP contribution in [0.3, 0.4) is 0 Å². The molecule has 4 heteroatoms. The van der Waals surface area contributed by atoms with Crippen molar-refractivity contribution in [2.75, 3.05) is 0 Å². The first-order valence-corrected chi connectivity index (χ1v) is 7.16. The van der Waals surface area contributed by atoms with E-state index in [1.165, 1.54) is 12.1 Å². The maximum Gasteiger partial charge on any atom is 0.123 e. The summed E-state index contributed by atoms with van der Waals surface area (Å²) < 4.78 is 14.1. The monoisotopic (exact) mass is 341 g/mol. The van der Waals surface area contributed by atoms with E-state index in [0.29, 0.717) is 6.54 Å². The fourth-order valence-corrected chi connectivity index (χ4v) is 2.42. The minimum atomic E-state index is -0.226. The summed E-state index contributed by atoms with van der Waals surface area (Å²) in [5, 5.41) is 4.08. The van der Waals surface area contributed by atoms with Crippen molar-refractivity contribution in [3.05, 3.63) is 68.9 Å². The molecule has 0 spiro atoms. The largest absolute Gasteiger partial charge is 0.306 e. The Hall–Kier alpha value is -0.900. The minimum absolute atomic E-state index is 0.147. The van der Waals surface area contributed by atoms with Crippen molar-refractivity contribution in [1.29, 1.82) is 0 Å². The van der Waals surface area contributed by atoms with Crippen molar-refractivity contribution >= 4 is 27.5 Å². The van der Waals surface area contributed by atoms with E-state index in [0.717, 1.165) is 20.6 Å². The predicted molar refractivity (Wildman–Crippen MR) is 80.8 cm³/mol. The van der Waals surface area contributed by atoms with E-state index >= 15 is 0 Å². The number of rotatable bonds is 4. The number of benzene rings is 2. The second kappa shape index (κ2) is 6.51. The highest BCUT2D eigenvalue weighted by Gasteiger charge is 2.07. The summed E-state index contributed by atoms with van der Waals surface area (Å²) in [6.45, 7) is 2.64. The molecule has 0 aliphatic carbocycles. The molecule has 1 N–H and O–H groups in total. The smallest absolute Gasteiger partial charge is 0.123 e. The molecule has 1 unspecified atom stereocenters. The average molecular weight is 343 g/mol.